The Morgan fingerprint density at radius 3 is 2.43 bits per heavy atom. The summed E-state index contributed by atoms with van der Waals surface area (Å²) >= 11 is 0. The van der Waals surface area contributed by atoms with Crippen molar-refractivity contribution in [1.82, 2.24) is 9.55 Å². The number of rotatable bonds is 10. The molecule has 0 saturated carbocycles. The first-order chi connectivity index (χ1) is 17.1. The largest absolute Gasteiger partial charge is 0.510 e. The molecular formula is C22H24N3NaO10P. The molecule has 15 heteroatoms. The number of phosphoric acid groups is 1. The molecule has 37 heavy (non-hydrogen) atoms. The number of ether oxygens (including phenoxy) is 3. The molecule has 1 amide bonds. The third-order valence-electron chi connectivity index (χ3n) is 4.52. The van der Waals surface area contributed by atoms with E-state index in [-0.39, 0.29) is 41.3 Å². The molecule has 2 aromatic carbocycles. The average molecular weight is 544 g/mol. The maximum atomic E-state index is 12.8. The Morgan fingerprint density at radius 1 is 1.08 bits per heavy atom. The minimum absolute atomic E-state index is 0. The van der Waals surface area contributed by atoms with Gasteiger partial charge in [-0.1, -0.05) is 30.3 Å². The van der Waals surface area contributed by atoms with Crippen molar-refractivity contribution in [3.05, 3.63) is 59.7 Å². The zero-order valence-corrected chi connectivity index (χ0v) is 23.5. The zero-order valence-electron chi connectivity index (χ0n) is 20.6. The summed E-state index contributed by atoms with van der Waals surface area (Å²) in [6.07, 6.45) is -2.39. The van der Waals surface area contributed by atoms with Crippen molar-refractivity contribution in [2.45, 2.75) is 26.7 Å². The number of aromatic nitrogens is 2. The SMILES string of the molecule is COC(=O)Nc1nc2cc(C(=O)c3ccccc3)ccc2n1COP(=O)(O)OCOC(=O)OC(C)C.[Na]. The molecule has 1 radical (unpaired) electrons. The van der Waals surface area contributed by atoms with Gasteiger partial charge < -0.3 is 19.1 Å². The van der Waals surface area contributed by atoms with Gasteiger partial charge in [0.05, 0.1) is 24.2 Å². The Kier molecular flexibility index (Phi) is 11.3. The third-order valence-corrected chi connectivity index (χ3v) is 5.39. The van der Waals surface area contributed by atoms with Crippen LogP contribution in [0.25, 0.3) is 11.0 Å². The molecule has 3 rings (SSSR count). The van der Waals surface area contributed by atoms with Gasteiger partial charge in [-0.15, -0.1) is 0 Å². The van der Waals surface area contributed by atoms with Crippen LogP contribution >= 0.6 is 7.82 Å². The van der Waals surface area contributed by atoms with Crippen LogP contribution < -0.4 is 5.32 Å². The Morgan fingerprint density at radius 2 is 1.78 bits per heavy atom. The molecule has 0 bridgehead atoms. The molecule has 0 aliphatic carbocycles. The molecule has 0 spiro atoms. The number of carbonyl (C=O) groups is 3. The van der Waals surface area contributed by atoms with E-state index < -0.39 is 39.7 Å². The number of fused-ring (bicyclic) bond motifs is 1. The van der Waals surface area contributed by atoms with Gasteiger partial charge in [-0.25, -0.2) is 23.7 Å². The number of hydrogen-bond acceptors (Lipinski definition) is 10. The van der Waals surface area contributed by atoms with Crippen molar-refractivity contribution in [2.75, 3.05) is 19.2 Å². The summed E-state index contributed by atoms with van der Waals surface area (Å²) in [6, 6.07) is 13.2. The van der Waals surface area contributed by atoms with E-state index in [4.69, 9.17) is 9.26 Å². The number of carbonyl (C=O) groups excluding carboxylic acids is 3. The van der Waals surface area contributed by atoms with Crippen LogP contribution in [0.4, 0.5) is 15.5 Å². The van der Waals surface area contributed by atoms with Crippen molar-refractivity contribution in [3.8, 4) is 0 Å². The van der Waals surface area contributed by atoms with E-state index >= 15 is 0 Å². The van der Waals surface area contributed by atoms with Gasteiger partial charge in [0.15, 0.2) is 5.78 Å². The van der Waals surface area contributed by atoms with E-state index in [2.05, 4.69) is 24.3 Å². The summed E-state index contributed by atoms with van der Waals surface area (Å²) in [4.78, 5) is 50.1. The second-order valence-corrected chi connectivity index (χ2v) is 8.87. The normalized spacial score (nSPS) is 12.4. The molecule has 13 nitrogen and oxygen atoms in total. The minimum atomic E-state index is -4.71. The van der Waals surface area contributed by atoms with Gasteiger partial charge in [-0.05, 0) is 32.0 Å². The first-order valence-electron chi connectivity index (χ1n) is 10.5. The maximum absolute atomic E-state index is 12.8. The molecule has 1 heterocycles. The Bertz CT molecular complexity index is 1300. The monoisotopic (exact) mass is 544 g/mol. The number of phosphoric ester groups is 1. The second kappa shape index (κ2) is 13.7. The molecule has 2 N–H and O–H groups in total. The van der Waals surface area contributed by atoms with Crippen molar-refractivity contribution in [3.63, 3.8) is 0 Å². The number of benzene rings is 2. The number of hydrogen-bond donors (Lipinski definition) is 2. The molecule has 1 atom stereocenters. The first kappa shape index (κ1) is 30.5. The van der Waals surface area contributed by atoms with Crippen molar-refractivity contribution in [2.24, 2.45) is 0 Å². The van der Waals surface area contributed by atoms with Gasteiger partial charge in [0.1, 0.15) is 6.73 Å². The fourth-order valence-electron chi connectivity index (χ4n) is 2.93. The van der Waals surface area contributed by atoms with E-state index in [9.17, 15) is 23.8 Å². The van der Waals surface area contributed by atoms with Gasteiger partial charge in [0.25, 0.3) is 0 Å². The predicted molar refractivity (Wildman–Crippen MR) is 131 cm³/mol. The van der Waals surface area contributed by atoms with Gasteiger partial charge >= 0.3 is 20.1 Å². The summed E-state index contributed by atoms with van der Waals surface area (Å²) in [7, 11) is -3.56. The van der Waals surface area contributed by atoms with Gasteiger partial charge in [0.2, 0.25) is 12.7 Å². The van der Waals surface area contributed by atoms with E-state index in [1.165, 1.54) is 10.6 Å². The van der Waals surface area contributed by atoms with Crippen LogP contribution in [0.1, 0.15) is 29.8 Å². The maximum Gasteiger partial charge on any atom is 0.510 e. The predicted octanol–water partition coefficient (Wildman–Crippen LogP) is 3.68. The third kappa shape index (κ3) is 8.64. The molecular weight excluding hydrogens is 520 g/mol. The van der Waals surface area contributed by atoms with E-state index in [1.807, 2.05) is 0 Å². The van der Waals surface area contributed by atoms with Gasteiger partial charge in [-0.3, -0.25) is 19.2 Å². The quantitative estimate of drug-likeness (QED) is 0.126. The Hall–Kier alpha value is -2.77. The van der Waals surface area contributed by atoms with Crippen LogP contribution in [-0.4, -0.2) is 82.0 Å². The van der Waals surface area contributed by atoms with Crippen LogP contribution in [0.2, 0.25) is 0 Å². The Balaban J connectivity index is 0.00000481. The molecule has 0 fully saturated rings. The standard InChI is InChI=1S/C22H24N3O10P.Na/c1-14(2)35-22(28)32-13-34-36(29,30)33-12-25-18-10-9-16(19(26)15-7-5-4-6-8-15)11-17(18)23-20(25)24-21(27)31-3;/h4-11,14H,12-13H2,1-3H3,(H,29,30)(H,23,24,27);. The molecule has 0 aliphatic heterocycles. The molecule has 0 saturated heterocycles. The van der Waals surface area contributed by atoms with Crippen LogP contribution in [0.3, 0.4) is 0 Å². The minimum Gasteiger partial charge on any atom is -0.453 e. The second-order valence-electron chi connectivity index (χ2n) is 7.41. The summed E-state index contributed by atoms with van der Waals surface area (Å²) in [5.41, 5.74) is 1.47. The smallest absolute Gasteiger partial charge is 0.453 e. The number of nitrogens with zero attached hydrogens (tertiary/aromatic N) is 2. The van der Waals surface area contributed by atoms with Crippen LogP contribution in [0.15, 0.2) is 48.5 Å². The molecule has 3 aromatic rings. The summed E-state index contributed by atoms with van der Waals surface area (Å²) in [5, 5.41) is 2.37. The summed E-state index contributed by atoms with van der Waals surface area (Å²) in [6.45, 7) is 1.68. The number of ketones is 1. The van der Waals surface area contributed by atoms with Gasteiger partial charge in [-0.2, -0.15) is 0 Å². The van der Waals surface area contributed by atoms with E-state index in [1.54, 1.807) is 56.3 Å². The summed E-state index contributed by atoms with van der Waals surface area (Å²) in [5.74, 6) is -0.326. The number of methoxy groups -OCH3 is 1. The van der Waals surface area contributed by atoms with Crippen molar-refractivity contribution in [1.29, 1.82) is 0 Å². The molecule has 193 valence electrons. The van der Waals surface area contributed by atoms with Crippen LogP contribution in [-0.2, 0) is 34.6 Å². The number of nitrogens with one attached hydrogen (secondary N) is 1. The Labute approximate surface area is 233 Å². The number of imidazole rings is 1. The summed E-state index contributed by atoms with van der Waals surface area (Å²) < 4.78 is 36.9. The van der Waals surface area contributed by atoms with Crippen LogP contribution in [0.5, 0.6) is 0 Å². The fourth-order valence-corrected chi connectivity index (χ4v) is 3.45. The van der Waals surface area contributed by atoms with Crippen molar-refractivity contribution >= 4 is 72.4 Å². The first-order valence-corrected chi connectivity index (χ1v) is 12.0. The number of anilines is 1. The van der Waals surface area contributed by atoms with E-state index in [0.29, 0.717) is 22.2 Å². The molecule has 0 aliphatic rings. The van der Waals surface area contributed by atoms with Gasteiger partial charge in [0, 0.05) is 40.7 Å². The topological polar surface area (TPSA) is 165 Å². The van der Waals surface area contributed by atoms with Crippen molar-refractivity contribution < 1.29 is 47.1 Å². The number of amides is 1. The average Bonchev–Trinajstić information content (AvgIpc) is 3.18. The zero-order chi connectivity index (χ0) is 26.3. The van der Waals surface area contributed by atoms with Crippen LogP contribution in [0, 0.1) is 0 Å². The molecule has 1 unspecified atom stereocenters. The fraction of sp³-hybridized carbons (Fsp3) is 0.273. The molecule has 1 aromatic heterocycles. The van der Waals surface area contributed by atoms with E-state index in [0.717, 1.165) is 7.11 Å².